The van der Waals surface area contributed by atoms with Crippen LogP contribution in [-0.4, -0.2) is 39.6 Å². The molecule has 0 radical (unpaired) electrons. The Morgan fingerprint density at radius 1 is 1.25 bits per heavy atom. The van der Waals surface area contributed by atoms with Gasteiger partial charge in [0.25, 0.3) is 0 Å². The highest BCUT2D eigenvalue weighted by Crippen LogP contribution is 2.31. The quantitative estimate of drug-likeness (QED) is 0.579. The summed E-state index contributed by atoms with van der Waals surface area (Å²) in [6.07, 6.45) is 2.14. The maximum Gasteiger partial charge on any atom is 0.225 e. The molecule has 68 valence electrons. The molecule has 12 heavy (non-hydrogen) atoms. The Hall–Kier alpha value is -0.380. The third-order valence-electron chi connectivity index (χ3n) is 2.42. The van der Waals surface area contributed by atoms with E-state index in [9.17, 15) is 9.00 Å². The molecule has 0 aromatic carbocycles. The van der Waals surface area contributed by atoms with Gasteiger partial charge >= 0.3 is 0 Å². The fourth-order valence-corrected chi connectivity index (χ4v) is 2.50. The summed E-state index contributed by atoms with van der Waals surface area (Å²) >= 11 is 0. The van der Waals surface area contributed by atoms with E-state index in [1.165, 1.54) is 0 Å². The van der Waals surface area contributed by atoms with Gasteiger partial charge in [-0.15, -0.1) is 0 Å². The van der Waals surface area contributed by atoms with E-state index in [4.69, 9.17) is 0 Å². The molecule has 2 aliphatic rings. The Labute approximate surface area is 74.6 Å². The zero-order valence-electron chi connectivity index (χ0n) is 6.99. The zero-order valence-corrected chi connectivity index (χ0v) is 7.81. The summed E-state index contributed by atoms with van der Waals surface area (Å²) < 4.78 is 11.0. The van der Waals surface area contributed by atoms with Crippen LogP contribution in [0.5, 0.6) is 0 Å². The molecule has 0 bridgehead atoms. The molecule has 1 amide bonds. The number of carbonyl (C=O) groups is 1. The molecular weight excluding hydrogens is 174 g/mol. The summed E-state index contributed by atoms with van der Waals surface area (Å²) in [6.45, 7) is 1.42. The maximum absolute atomic E-state index is 11.5. The van der Waals surface area contributed by atoms with Crippen LogP contribution in [0.2, 0.25) is 0 Å². The van der Waals surface area contributed by atoms with Crippen molar-refractivity contribution in [1.29, 1.82) is 0 Å². The maximum atomic E-state index is 11.5. The third-order valence-corrected chi connectivity index (χ3v) is 3.69. The fourth-order valence-electron chi connectivity index (χ4n) is 1.45. The van der Waals surface area contributed by atoms with Gasteiger partial charge in [-0.25, -0.2) is 0 Å². The van der Waals surface area contributed by atoms with E-state index in [1.54, 1.807) is 0 Å². The molecule has 0 spiro atoms. The summed E-state index contributed by atoms with van der Waals surface area (Å²) in [5.74, 6) is 1.97. The highest BCUT2D eigenvalue weighted by atomic mass is 32.2. The lowest BCUT2D eigenvalue weighted by Gasteiger charge is -2.26. The highest BCUT2D eigenvalue weighted by molar-refractivity contribution is 7.85. The van der Waals surface area contributed by atoms with Gasteiger partial charge in [0.2, 0.25) is 5.91 Å². The van der Waals surface area contributed by atoms with Gasteiger partial charge in [0.1, 0.15) is 0 Å². The van der Waals surface area contributed by atoms with Crippen LogP contribution < -0.4 is 0 Å². The van der Waals surface area contributed by atoms with Gasteiger partial charge in [-0.2, -0.15) is 0 Å². The Balaban J connectivity index is 1.88. The molecule has 1 aliphatic heterocycles. The molecule has 2 rings (SSSR count). The number of hydrogen-bond donors (Lipinski definition) is 0. The summed E-state index contributed by atoms with van der Waals surface area (Å²) in [4.78, 5) is 13.4. The SMILES string of the molecule is O=C(C1CC1)N1CCS(=O)CC1. The summed E-state index contributed by atoms with van der Waals surface area (Å²) in [5.41, 5.74) is 0. The van der Waals surface area contributed by atoms with Crippen molar-refractivity contribution in [2.45, 2.75) is 12.8 Å². The topological polar surface area (TPSA) is 37.4 Å². The number of rotatable bonds is 1. The van der Waals surface area contributed by atoms with Crippen molar-refractivity contribution in [3.05, 3.63) is 0 Å². The second-order valence-corrected chi connectivity index (χ2v) is 5.14. The first-order chi connectivity index (χ1) is 5.77. The van der Waals surface area contributed by atoms with Crippen molar-refractivity contribution in [2.75, 3.05) is 24.6 Å². The number of amides is 1. The Morgan fingerprint density at radius 2 is 1.83 bits per heavy atom. The van der Waals surface area contributed by atoms with Crippen molar-refractivity contribution in [1.82, 2.24) is 4.90 Å². The van der Waals surface area contributed by atoms with Crippen LogP contribution in [0.3, 0.4) is 0 Å². The van der Waals surface area contributed by atoms with Crippen LogP contribution in [-0.2, 0) is 15.6 Å². The monoisotopic (exact) mass is 187 g/mol. The van der Waals surface area contributed by atoms with Crippen molar-refractivity contribution in [2.24, 2.45) is 5.92 Å². The van der Waals surface area contributed by atoms with Gasteiger partial charge in [-0.3, -0.25) is 9.00 Å². The van der Waals surface area contributed by atoms with Gasteiger partial charge in [0.15, 0.2) is 0 Å². The smallest absolute Gasteiger partial charge is 0.225 e. The normalized spacial score (nSPS) is 25.8. The van der Waals surface area contributed by atoms with Crippen LogP contribution in [0.25, 0.3) is 0 Å². The van der Waals surface area contributed by atoms with E-state index in [0.717, 1.165) is 12.8 Å². The lowest BCUT2D eigenvalue weighted by atomic mass is 10.3. The van der Waals surface area contributed by atoms with Crippen LogP contribution in [0, 0.1) is 5.92 Å². The second-order valence-electron chi connectivity index (χ2n) is 3.45. The molecule has 0 atom stereocenters. The Kier molecular flexibility index (Phi) is 2.17. The largest absolute Gasteiger partial charge is 0.341 e. The van der Waals surface area contributed by atoms with E-state index in [0.29, 0.717) is 36.4 Å². The predicted molar refractivity (Wildman–Crippen MR) is 47.2 cm³/mol. The van der Waals surface area contributed by atoms with E-state index >= 15 is 0 Å². The van der Waals surface area contributed by atoms with Crippen molar-refractivity contribution in [3.8, 4) is 0 Å². The van der Waals surface area contributed by atoms with Crippen molar-refractivity contribution < 1.29 is 9.00 Å². The number of carbonyl (C=O) groups excluding carboxylic acids is 1. The van der Waals surface area contributed by atoms with Gasteiger partial charge in [-0.1, -0.05) is 0 Å². The van der Waals surface area contributed by atoms with Crippen LogP contribution in [0.15, 0.2) is 0 Å². The third kappa shape index (κ3) is 1.68. The fraction of sp³-hybridized carbons (Fsp3) is 0.875. The molecule has 0 unspecified atom stereocenters. The first-order valence-electron chi connectivity index (χ1n) is 4.41. The average Bonchev–Trinajstić information content (AvgIpc) is 2.87. The Morgan fingerprint density at radius 3 is 2.33 bits per heavy atom. The van der Waals surface area contributed by atoms with Gasteiger partial charge < -0.3 is 4.90 Å². The average molecular weight is 187 g/mol. The predicted octanol–water partition coefficient (Wildman–Crippen LogP) is -0.0127. The molecule has 1 saturated carbocycles. The van der Waals surface area contributed by atoms with Crippen LogP contribution >= 0.6 is 0 Å². The number of nitrogens with zero attached hydrogens (tertiary/aromatic N) is 1. The first kappa shape index (κ1) is 8.23. The summed E-state index contributed by atoms with van der Waals surface area (Å²) in [7, 11) is -0.664. The standard InChI is InChI=1S/C8H13NO2S/c10-8(7-1-2-7)9-3-5-12(11)6-4-9/h7H,1-6H2. The molecule has 3 nitrogen and oxygen atoms in total. The molecular formula is C8H13NO2S. The van der Waals surface area contributed by atoms with E-state index < -0.39 is 10.8 Å². The van der Waals surface area contributed by atoms with Gasteiger partial charge in [0.05, 0.1) is 0 Å². The minimum absolute atomic E-state index is 0.298. The van der Waals surface area contributed by atoms with E-state index in [2.05, 4.69) is 0 Å². The first-order valence-corrected chi connectivity index (χ1v) is 5.90. The molecule has 0 N–H and O–H groups in total. The minimum atomic E-state index is -0.664. The van der Waals surface area contributed by atoms with E-state index in [1.807, 2.05) is 4.90 Å². The zero-order chi connectivity index (χ0) is 8.55. The molecule has 1 heterocycles. The minimum Gasteiger partial charge on any atom is -0.341 e. The van der Waals surface area contributed by atoms with Crippen molar-refractivity contribution in [3.63, 3.8) is 0 Å². The van der Waals surface area contributed by atoms with Gasteiger partial charge in [0, 0.05) is 41.3 Å². The lowest BCUT2D eigenvalue weighted by Crippen LogP contribution is -2.42. The molecule has 1 saturated heterocycles. The molecule has 1 aliphatic carbocycles. The second kappa shape index (κ2) is 3.17. The molecule has 0 aromatic heterocycles. The van der Waals surface area contributed by atoms with Crippen LogP contribution in [0.1, 0.15) is 12.8 Å². The van der Waals surface area contributed by atoms with E-state index in [-0.39, 0.29) is 0 Å². The summed E-state index contributed by atoms with van der Waals surface area (Å²) in [5, 5.41) is 0. The molecule has 4 heteroatoms. The Bertz CT molecular complexity index is 215. The van der Waals surface area contributed by atoms with Gasteiger partial charge in [-0.05, 0) is 12.8 Å². The van der Waals surface area contributed by atoms with Crippen LogP contribution in [0.4, 0.5) is 0 Å². The number of hydrogen-bond acceptors (Lipinski definition) is 2. The summed E-state index contributed by atoms with van der Waals surface area (Å²) in [6, 6.07) is 0. The lowest BCUT2D eigenvalue weighted by molar-refractivity contribution is -0.132. The molecule has 0 aromatic rings. The van der Waals surface area contributed by atoms with Crippen molar-refractivity contribution >= 4 is 16.7 Å². The molecule has 2 fully saturated rings. The highest BCUT2D eigenvalue weighted by Gasteiger charge is 2.34.